The van der Waals surface area contributed by atoms with Gasteiger partial charge in [-0.25, -0.2) is 4.98 Å². The number of aromatic nitrogens is 1. The van der Waals surface area contributed by atoms with Crippen LogP contribution >= 0.6 is 12.6 Å². The van der Waals surface area contributed by atoms with Gasteiger partial charge in [0.05, 0.1) is 7.11 Å². The summed E-state index contributed by atoms with van der Waals surface area (Å²) in [5.41, 5.74) is 0.905. The zero-order valence-corrected chi connectivity index (χ0v) is 8.34. The van der Waals surface area contributed by atoms with Gasteiger partial charge >= 0.3 is 0 Å². The van der Waals surface area contributed by atoms with Crippen LogP contribution in [0.5, 0.6) is 5.88 Å². The number of rotatable bonds is 2. The smallest absolute Gasteiger partial charge is 0.212 e. The Morgan fingerprint density at radius 2 is 2.38 bits per heavy atom. The van der Waals surface area contributed by atoms with Crippen molar-refractivity contribution in [3.05, 3.63) is 23.9 Å². The maximum absolute atomic E-state index is 4.92. The van der Waals surface area contributed by atoms with Crippen LogP contribution in [0.3, 0.4) is 0 Å². The minimum atomic E-state index is 0.611. The van der Waals surface area contributed by atoms with Gasteiger partial charge in [-0.3, -0.25) is 0 Å². The molecule has 0 radical (unpaired) electrons. The van der Waals surface area contributed by atoms with Crippen LogP contribution < -0.4 is 4.74 Å². The second-order valence-electron chi connectivity index (χ2n) is 2.36. The van der Waals surface area contributed by atoms with Gasteiger partial charge < -0.3 is 4.74 Å². The Labute approximate surface area is 83.7 Å². The molecule has 0 unspecified atom stereocenters. The highest BCUT2D eigenvalue weighted by molar-refractivity contribution is 7.80. The molecular formula is C10H11NOS. The first kappa shape index (κ1) is 9.94. The van der Waals surface area contributed by atoms with Crippen LogP contribution in [-0.4, -0.2) is 17.8 Å². The van der Waals surface area contributed by atoms with Crippen LogP contribution in [0.4, 0.5) is 0 Å². The molecule has 0 saturated carbocycles. The standard InChI is InChI=1S/C10H11NOS/c1-12-10-6-5-9(8-11-10)4-2-3-7-13/h5-6,8,13H,3,7H2,1H3. The minimum Gasteiger partial charge on any atom is -0.481 e. The maximum atomic E-state index is 4.92. The topological polar surface area (TPSA) is 22.1 Å². The average molecular weight is 193 g/mol. The molecule has 3 heteroatoms. The molecule has 1 heterocycles. The first-order valence-corrected chi connectivity index (χ1v) is 4.60. The van der Waals surface area contributed by atoms with Crippen molar-refractivity contribution in [3.63, 3.8) is 0 Å². The van der Waals surface area contributed by atoms with Crippen molar-refractivity contribution in [1.29, 1.82) is 0 Å². The number of hydrogen-bond acceptors (Lipinski definition) is 3. The number of nitrogens with zero attached hydrogens (tertiary/aromatic N) is 1. The van der Waals surface area contributed by atoms with Gasteiger partial charge in [0.25, 0.3) is 0 Å². The fraction of sp³-hybridized carbons (Fsp3) is 0.300. The SMILES string of the molecule is COc1ccc(C#CCCS)cn1. The summed E-state index contributed by atoms with van der Waals surface area (Å²) < 4.78 is 4.92. The summed E-state index contributed by atoms with van der Waals surface area (Å²) in [6.07, 6.45) is 2.50. The number of methoxy groups -OCH3 is 1. The van der Waals surface area contributed by atoms with E-state index in [2.05, 4.69) is 29.5 Å². The van der Waals surface area contributed by atoms with Crippen molar-refractivity contribution < 1.29 is 4.74 Å². The molecule has 13 heavy (non-hydrogen) atoms. The second kappa shape index (κ2) is 5.50. The predicted octanol–water partition coefficient (Wildman–Crippen LogP) is 1.76. The minimum absolute atomic E-state index is 0.611. The fourth-order valence-corrected chi connectivity index (χ4v) is 0.907. The molecule has 1 aromatic rings. The lowest BCUT2D eigenvalue weighted by Gasteiger charge is -1.95. The van der Waals surface area contributed by atoms with Crippen LogP contribution in [0.2, 0.25) is 0 Å². The zero-order valence-electron chi connectivity index (χ0n) is 7.45. The molecule has 0 fully saturated rings. The van der Waals surface area contributed by atoms with Crippen LogP contribution in [0.25, 0.3) is 0 Å². The van der Waals surface area contributed by atoms with Gasteiger partial charge in [-0.05, 0) is 6.07 Å². The molecule has 1 aromatic heterocycles. The van der Waals surface area contributed by atoms with Gasteiger partial charge in [-0.2, -0.15) is 12.6 Å². The largest absolute Gasteiger partial charge is 0.481 e. The van der Waals surface area contributed by atoms with Crippen molar-refractivity contribution >= 4 is 12.6 Å². The number of thiol groups is 1. The van der Waals surface area contributed by atoms with E-state index in [1.54, 1.807) is 19.4 Å². The zero-order chi connectivity index (χ0) is 9.52. The molecular weight excluding hydrogens is 182 g/mol. The van der Waals surface area contributed by atoms with Crippen molar-refractivity contribution in [2.24, 2.45) is 0 Å². The molecule has 0 aromatic carbocycles. The molecule has 1 rings (SSSR count). The third-order valence-corrected chi connectivity index (χ3v) is 1.64. The molecule has 0 aliphatic rings. The van der Waals surface area contributed by atoms with E-state index in [1.165, 1.54) is 0 Å². The van der Waals surface area contributed by atoms with Gasteiger partial charge in [-0.1, -0.05) is 11.8 Å². The van der Waals surface area contributed by atoms with E-state index in [1.807, 2.05) is 6.07 Å². The van der Waals surface area contributed by atoms with E-state index < -0.39 is 0 Å². The highest BCUT2D eigenvalue weighted by atomic mass is 32.1. The molecule has 0 spiro atoms. The van der Waals surface area contributed by atoms with Crippen LogP contribution in [-0.2, 0) is 0 Å². The molecule has 0 saturated heterocycles. The number of hydrogen-bond donors (Lipinski definition) is 1. The quantitative estimate of drug-likeness (QED) is 0.571. The Balaban J connectivity index is 2.65. The van der Waals surface area contributed by atoms with E-state index >= 15 is 0 Å². The van der Waals surface area contributed by atoms with Gasteiger partial charge in [0, 0.05) is 30.0 Å². The molecule has 68 valence electrons. The van der Waals surface area contributed by atoms with Crippen LogP contribution in [0, 0.1) is 11.8 Å². The van der Waals surface area contributed by atoms with Crippen molar-refractivity contribution in [2.75, 3.05) is 12.9 Å². The lowest BCUT2D eigenvalue weighted by molar-refractivity contribution is 0.398. The summed E-state index contributed by atoms with van der Waals surface area (Å²) in [5.74, 6) is 7.36. The monoisotopic (exact) mass is 193 g/mol. The first-order valence-electron chi connectivity index (χ1n) is 3.96. The predicted molar refractivity (Wildman–Crippen MR) is 56.1 cm³/mol. The molecule has 0 amide bonds. The first-order chi connectivity index (χ1) is 6.36. The van der Waals surface area contributed by atoms with E-state index in [0.717, 1.165) is 17.7 Å². The Morgan fingerprint density at radius 3 is 2.92 bits per heavy atom. The summed E-state index contributed by atoms with van der Waals surface area (Å²) >= 11 is 4.06. The fourth-order valence-electron chi connectivity index (χ4n) is 0.795. The molecule has 0 bridgehead atoms. The summed E-state index contributed by atoms with van der Waals surface area (Å²) in [5, 5.41) is 0. The molecule has 0 atom stereocenters. The van der Waals surface area contributed by atoms with Crippen molar-refractivity contribution in [2.45, 2.75) is 6.42 Å². The average Bonchev–Trinajstić information content (AvgIpc) is 2.19. The number of ether oxygens (including phenoxy) is 1. The third kappa shape index (κ3) is 3.39. The van der Waals surface area contributed by atoms with Crippen LogP contribution in [0.15, 0.2) is 18.3 Å². The molecule has 0 aliphatic carbocycles. The van der Waals surface area contributed by atoms with E-state index in [4.69, 9.17) is 4.74 Å². The highest BCUT2D eigenvalue weighted by Gasteiger charge is 1.90. The Hall–Kier alpha value is -1.14. The van der Waals surface area contributed by atoms with Crippen molar-refractivity contribution in [1.82, 2.24) is 4.98 Å². The Bertz CT molecular complexity index is 310. The summed E-state index contributed by atoms with van der Waals surface area (Å²) in [6.45, 7) is 0. The number of pyridine rings is 1. The van der Waals surface area contributed by atoms with Gasteiger partial charge in [-0.15, -0.1) is 0 Å². The van der Waals surface area contributed by atoms with Crippen molar-refractivity contribution in [3.8, 4) is 17.7 Å². The lowest BCUT2D eigenvalue weighted by atomic mass is 10.3. The third-order valence-electron chi connectivity index (χ3n) is 1.42. The van der Waals surface area contributed by atoms with E-state index in [0.29, 0.717) is 5.88 Å². The molecule has 0 N–H and O–H groups in total. The normalized spacial score (nSPS) is 8.77. The summed E-state index contributed by atoms with van der Waals surface area (Å²) in [7, 11) is 1.59. The van der Waals surface area contributed by atoms with Gasteiger partial charge in [0.2, 0.25) is 5.88 Å². The Kier molecular flexibility index (Phi) is 4.20. The molecule has 2 nitrogen and oxygen atoms in total. The maximum Gasteiger partial charge on any atom is 0.212 e. The summed E-state index contributed by atoms with van der Waals surface area (Å²) in [4.78, 5) is 4.03. The lowest BCUT2D eigenvalue weighted by Crippen LogP contribution is -1.86. The Morgan fingerprint density at radius 1 is 1.54 bits per heavy atom. The summed E-state index contributed by atoms with van der Waals surface area (Å²) in [6, 6.07) is 3.68. The van der Waals surface area contributed by atoms with Crippen LogP contribution in [0.1, 0.15) is 12.0 Å². The van der Waals surface area contributed by atoms with Gasteiger partial charge in [0.1, 0.15) is 0 Å². The second-order valence-corrected chi connectivity index (χ2v) is 2.81. The highest BCUT2D eigenvalue weighted by Crippen LogP contribution is 2.05. The van der Waals surface area contributed by atoms with Gasteiger partial charge in [0.15, 0.2) is 0 Å². The van der Waals surface area contributed by atoms with E-state index in [-0.39, 0.29) is 0 Å². The van der Waals surface area contributed by atoms with E-state index in [9.17, 15) is 0 Å². The molecule has 0 aliphatic heterocycles.